The third-order valence-electron chi connectivity index (χ3n) is 16.5. The number of nitro benzene ring substituents is 1. The van der Waals surface area contributed by atoms with Crippen LogP contribution in [-0.2, 0) is 102 Å². The van der Waals surface area contributed by atoms with Gasteiger partial charge in [0.1, 0.15) is 40.2 Å². The van der Waals surface area contributed by atoms with Gasteiger partial charge in [-0.15, -0.1) is 0 Å². The summed E-state index contributed by atoms with van der Waals surface area (Å²) in [7, 11) is -1.25. The lowest BCUT2D eigenvalue weighted by Crippen LogP contribution is -2.22. The van der Waals surface area contributed by atoms with Gasteiger partial charge in [0.15, 0.2) is 37.5 Å². The number of aromatic nitrogens is 2. The predicted octanol–water partition coefficient (Wildman–Crippen LogP) is 12.3. The van der Waals surface area contributed by atoms with Crippen molar-refractivity contribution in [2.24, 2.45) is 5.10 Å². The second kappa shape index (κ2) is 30.6. The number of phenols is 1. The number of nitrogens with one attached hydrogen (secondary N) is 1. The molecule has 8 bridgehead atoms. The van der Waals surface area contributed by atoms with Crippen LogP contribution in [0.3, 0.4) is 0 Å². The number of sulfonamides is 1. The summed E-state index contributed by atoms with van der Waals surface area (Å²) >= 11 is 0. The van der Waals surface area contributed by atoms with Crippen molar-refractivity contribution in [1.29, 1.82) is 0 Å². The molecule has 0 spiro atoms. The zero-order valence-electron chi connectivity index (χ0n) is 59.5. The summed E-state index contributed by atoms with van der Waals surface area (Å²) in [5.74, 6) is -1.78. The summed E-state index contributed by atoms with van der Waals surface area (Å²) in [6, 6.07) is 21.1. The minimum absolute atomic E-state index is 0.00647. The Morgan fingerprint density at radius 3 is 1.20 bits per heavy atom. The molecule has 1 aliphatic carbocycles. The molecule has 1 aromatic heterocycles. The van der Waals surface area contributed by atoms with Crippen LogP contribution in [0.2, 0.25) is 0 Å². The quantitative estimate of drug-likeness (QED) is 0.0198. The van der Waals surface area contributed by atoms with Gasteiger partial charge in [-0.2, -0.15) is 5.10 Å². The van der Waals surface area contributed by atoms with E-state index in [1.54, 1.807) is 20.8 Å². The van der Waals surface area contributed by atoms with Crippen LogP contribution in [0.4, 0.5) is 11.4 Å². The average molecular weight is 1380 g/mol. The second-order valence-corrected chi connectivity index (χ2v) is 30.6. The van der Waals surface area contributed by atoms with Gasteiger partial charge in [-0.25, -0.2) is 36.5 Å². The van der Waals surface area contributed by atoms with Crippen LogP contribution in [0, 0.1) is 10.1 Å². The summed E-state index contributed by atoms with van der Waals surface area (Å²) < 4.78 is 81.1. The first-order valence-electron chi connectivity index (χ1n) is 32.7. The number of esters is 4. The summed E-state index contributed by atoms with van der Waals surface area (Å²) in [5.41, 5.74) is 8.94. The first-order chi connectivity index (χ1) is 46.4. The highest BCUT2D eigenvalue weighted by Crippen LogP contribution is 2.45. The Bertz CT molecular complexity index is 4220. The Balaban J connectivity index is 1.31. The van der Waals surface area contributed by atoms with Crippen molar-refractivity contribution in [1.82, 2.24) is 14.6 Å². The monoisotopic (exact) mass is 1380 g/mol. The number of rotatable bonds is 23. The molecule has 1 aliphatic rings. The highest BCUT2D eigenvalue weighted by Gasteiger charge is 2.32. The van der Waals surface area contributed by atoms with Gasteiger partial charge in [0.05, 0.1) is 36.6 Å². The van der Waals surface area contributed by atoms with E-state index in [0.717, 1.165) is 44.9 Å². The number of aromatic hydroxyl groups is 1. The van der Waals surface area contributed by atoms with E-state index >= 15 is 0 Å². The van der Waals surface area contributed by atoms with Gasteiger partial charge in [-0.05, 0) is 132 Å². The number of anilines is 1. The van der Waals surface area contributed by atoms with Gasteiger partial charge < -0.3 is 43.0 Å². The van der Waals surface area contributed by atoms with Gasteiger partial charge in [0, 0.05) is 63.0 Å². The smallest absolute Gasteiger partial charge is 0.344 e. The van der Waals surface area contributed by atoms with E-state index in [-0.39, 0.29) is 84.0 Å². The van der Waals surface area contributed by atoms with Crippen LogP contribution >= 0.6 is 0 Å². The van der Waals surface area contributed by atoms with Gasteiger partial charge in [-0.1, -0.05) is 132 Å². The number of carbonyl (C=O) groups is 4. The molecule has 0 radical (unpaired) electrons. The van der Waals surface area contributed by atoms with Gasteiger partial charge in [0.25, 0.3) is 5.69 Å². The lowest BCUT2D eigenvalue weighted by Gasteiger charge is -2.29. The maximum atomic E-state index is 14.4. The largest absolute Gasteiger partial charge is 0.507 e. The van der Waals surface area contributed by atoms with Gasteiger partial charge in [0.2, 0.25) is 10.0 Å². The molecule has 2 N–H and O–H groups in total. The fourth-order valence-electron chi connectivity index (χ4n) is 11.2. The third kappa shape index (κ3) is 18.4. The molecule has 24 nitrogen and oxygen atoms in total. The Morgan fingerprint density at radius 1 is 0.556 bits per heavy atom. The predicted molar refractivity (Wildman–Crippen MR) is 372 cm³/mol. The molecule has 0 aliphatic heterocycles. The number of hydrazone groups is 1. The third-order valence-corrected chi connectivity index (χ3v) is 18.4. The molecule has 0 saturated heterocycles. The Labute approximate surface area is 577 Å². The molecule has 7 aromatic rings. The molecule has 1 heterocycles. The van der Waals surface area contributed by atoms with Crippen molar-refractivity contribution in [3.8, 4) is 28.7 Å². The number of non-ortho nitro benzene ring substituents is 1. The van der Waals surface area contributed by atoms with Crippen molar-refractivity contribution in [3.63, 3.8) is 0 Å². The SMILES string of the molecule is CCOC(=O)COc1c2cc(C(C)(C)C)cc1Cc1cc(C(C)(C)C)cc(c1OCC(=O)OCC)Cc1cc(C(C)(C)C)cc(c1OCC(=O)OCc1cc([N+](=O)[O-])cc(/C=N\Nc3ccc(S(=O)(=O)N(C)C)c4nonc34)c1O)Cc1cc(C(C)(C)C)cc(c1OCC(=O)OCC)C2. The molecule has 0 atom stereocenters. The van der Waals surface area contributed by atoms with E-state index in [9.17, 15) is 42.8 Å². The molecule has 0 fully saturated rings. The van der Waals surface area contributed by atoms with Crippen LogP contribution in [-0.4, -0.2) is 124 Å². The summed E-state index contributed by atoms with van der Waals surface area (Å²) in [5, 5.41) is 35.8. The first kappa shape index (κ1) is 75.2. The molecule has 530 valence electrons. The van der Waals surface area contributed by atoms with Crippen LogP contribution in [0.15, 0.2) is 87.4 Å². The Morgan fingerprint density at radius 2 is 0.889 bits per heavy atom. The van der Waals surface area contributed by atoms with E-state index < -0.39 is 105 Å². The topological polar surface area (TPSA) is 306 Å². The number of ether oxygens (including phenoxy) is 8. The second-order valence-electron chi connectivity index (χ2n) is 28.5. The minimum Gasteiger partial charge on any atom is -0.507 e. The van der Waals surface area contributed by atoms with E-state index in [1.165, 1.54) is 26.2 Å². The van der Waals surface area contributed by atoms with Crippen molar-refractivity contribution in [3.05, 3.63) is 161 Å². The fourth-order valence-corrected chi connectivity index (χ4v) is 12.2. The Hall–Kier alpha value is -9.62. The zero-order chi connectivity index (χ0) is 72.7. The standard InChI is InChI=1S/C74H90N6O18S/c1-18-90-60(81)39-94-67-43-23-45-29-54(72(7,8)9)31-47(68(45)95-40-61(82)91-19-2)25-49-33-56(74(13,14)15)34-50(26-48-32-55(73(10,11)12)30-46(69(48)96-41-62(83)92-20-3)24-44(67)28-53(27-43)71(4,5)6)70(49)97-42-63(84)93-38-52-36-57(80(86)87)35-51(66(52)85)37-75-76-58-21-22-59(99(88,89)79(16)17)65-64(58)77-98-78-65/h21-22,27-37,76,85H,18-20,23-26,38-42H2,1-17H3/b75-37-. The van der Waals surface area contributed by atoms with E-state index in [4.69, 9.17) is 42.5 Å². The number of benzene rings is 6. The highest BCUT2D eigenvalue weighted by molar-refractivity contribution is 7.89. The van der Waals surface area contributed by atoms with Crippen molar-refractivity contribution >= 4 is 62.5 Å². The maximum absolute atomic E-state index is 14.4. The summed E-state index contributed by atoms with van der Waals surface area (Å²) in [4.78, 5) is 66.3. The number of phenolic OH excluding ortho intramolecular Hbond substituents is 1. The number of nitro groups is 1. The molecule has 99 heavy (non-hydrogen) atoms. The number of carbonyl (C=O) groups excluding carboxylic acids is 4. The fraction of sp³-hybridized carbons (Fsp3) is 0.446. The van der Waals surface area contributed by atoms with Crippen LogP contribution in [0.25, 0.3) is 11.0 Å². The lowest BCUT2D eigenvalue weighted by atomic mass is 9.79. The number of hydrogen-bond acceptors (Lipinski definition) is 22. The maximum Gasteiger partial charge on any atom is 0.344 e. The van der Waals surface area contributed by atoms with Gasteiger partial charge >= 0.3 is 23.9 Å². The number of nitrogens with zero attached hydrogens (tertiary/aromatic N) is 5. The van der Waals surface area contributed by atoms with E-state index in [2.05, 4.69) is 128 Å². The molecule has 0 saturated carbocycles. The lowest BCUT2D eigenvalue weighted by molar-refractivity contribution is -0.385. The number of fused-ring (bicyclic) bond motifs is 9. The van der Waals surface area contributed by atoms with Gasteiger partial charge in [-0.3, -0.25) is 15.5 Å². The van der Waals surface area contributed by atoms with Crippen molar-refractivity contribution in [2.45, 2.75) is 163 Å². The zero-order valence-corrected chi connectivity index (χ0v) is 60.3. The molecular weight excluding hydrogens is 1290 g/mol. The molecule has 0 unspecified atom stereocenters. The molecular formula is C74H90N6O18S. The van der Waals surface area contributed by atoms with E-state index in [0.29, 0.717) is 61.8 Å². The molecule has 0 amide bonds. The Kier molecular flexibility index (Phi) is 23.3. The minimum atomic E-state index is -3.97. The summed E-state index contributed by atoms with van der Waals surface area (Å²) in [6.07, 6.45) is 1.56. The number of hydrogen-bond donors (Lipinski definition) is 2. The summed E-state index contributed by atoms with van der Waals surface area (Å²) in [6.45, 7) is 27.9. The van der Waals surface area contributed by atoms with Crippen molar-refractivity contribution < 1.29 is 80.1 Å². The molecule has 8 rings (SSSR count). The molecule has 25 heteroatoms. The highest BCUT2D eigenvalue weighted by atomic mass is 32.2. The average Bonchev–Trinajstić information content (AvgIpc) is 1.53. The first-order valence-corrected chi connectivity index (χ1v) is 34.1. The van der Waals surface area contributed by atoms with Crippen LogP contribution < -0.4 is 24.4 Å². The normalized spacial score (nSPS) is 12.9. The van der Waals surface area contributed by atoms with Crippen molar-refractivity contribution in [2.75, 3.05) is 65.8 Å². The van der Waals surface area contributed by atoms with E-state index in [1.807, 2.05) is 24.3 Å². The van der Waals surface area contributed by atoms with Crippen LogP contribution in [0.5, 0.6) is 28.7 Å². The van der Waals surface area contributed by atoms with Crippen LogP contribution in [0.1, 0.15) is 182 Å². The molecule has 6 aromatic carbocycles.